The van der Waals surface area contributed by atoms with E-state index in [-0.39, 0.29) is 28.5 Å². The van der Waals surface area contributed by atoms with Gasteiger partial charge in [0.05, 0.1) is 30.3 Å². The van der Waals surface area contributed by atoms with Crippen LogP contribution in [0.5, 0.6) is 0 Å². The van der Waals surface area contributed by atoms with Crippen LogP contribution in [-0.4, -0.2) is 31.2 Å². The third-order valence-electron chi connectivity index (χ3n) is 4.24. The molecule has 1 aromatic carbocycles. The summed E-state index contributed by atoms with van der Waals surface area (Å²) in [5.41, 5.74) is 0.244. The van der Waals surface area contributed by atoms with Gasteiger partial charge in [0, 0.05) is 15.5 Å². The molecule has 2 aromatic rings. The Morgan fingerprint density at radius 3 is 2.70 bits per heavy atom. The lowest BCUT2D eigenvalue weighted by molar-refractivity contribution is -0.143. The van der Waals surface area contributed by atoms with Crippen LogP contribution in [0.25, 0.3) is 0 Å². The smallest absolute Gasteiger partial charge is 0.338 e. The predicted molar refractivity (Wildman–Crippen MR) is 108 cm³/mol. The number of hydrogen-bond acceptors (Lipinski definition) is 6. The van der Waals surface area contributed by atoms with E-state index in [9.17, 15) is 18.8 Å². The molecule has 0 saturated carbocycles. The highest BCUT2D eigenvalue weighted by Gasteiger charge is 2.34. The lowest BCUT2D eigenvalue weighted by Gasteiger charge is -2.28. The number of urea groups is 1. The molecular formula is C20H18ClFN2O5S. The van der Waals surface area contributed by atoms with Gasteiger partial charge in [0.1, 0.15) is 12.4 Å². The lowest BCUT2D eigenvalue weighted by atomic mass is 10.0. The molecule has 0 unspecified atom stereocenters. The number of esters is 2. The number of halogens is 2. The third kappa shape index (κ3) is 4.98. The summed E-state index contributed by atoms with van der Waals surface area (Å²) in [4.78, 5) is 37.6. The van der Waals surface area contributed by atoms with Crippen molar-refractivity contribution in [1.29, 1.82) is 0 Å². The van der Waals surface area contributed by atoms with Crippen LogP contribution in [0.15, 0.2) is 47.0 Å². The number of carbonyl (C=O) groups is 3. The zero-order chi connectivity index (χ0) is 21.7. The van der Waals surface area contributed by atoms with Crippen molar-refractivity contribution >= 4 is 40.9 Å². The molecule has 1 atom stereocenters. The highest BCUT2D eigenvalue weighted by Crippen LogP contribution is 2.30. The molecule has 30 heavy (non-hydrogen) atoms. The Labute approximate surface area is 180 Å². The Bertz CT molecular complexity index is 973. The molecular weight excluding hydrogens is 435 g/mol. The van der Waals surface area contributed by atoms with Crippen molar-refractivity contribution in [1.82, 2.24) is 10.6 Å². The number of thiophene rings is 1. The van der Waals surface area contributed by atoms with Crippen LogP contribution in [-0.2, 0) is 25.5 Å². The van der Waals surface area contributed by atoms with Gasteiger partial charge in [-0.25, -0.2) is 14.0 Å². The average molecular weight is 453 g/mol. The highest BCUT2D eigenvalue weighted by molar-refractivity contribution is 7.10. The van der Waals surface area contributed by atoms with E-state index in [4.69, 9.17) is 21.1 Å². The van der Waals surface area contributed by atoms with Crippen molar-refractivity contribution in [3.63, 3.8) is 0 Å². The summed E-state index contributed by atoms with van der Waals surface area (Å²) in [6.07, 6.45) is -0.395. The number of nitrogens with one attached hydrogen (secondary N) is 2. The van der Waals surface area contributed by atoms with Gasteiger partial charge in [-0.15, -0.1) is 11.3 Å². The molecule has 0 fully saturated rings. The largest absolute Gasteiger partial charge is 0.463 e. The van der Waals surface area contributed by atoms with Crippen molar-refractivity contribution in [3.8, 4) is 0 Å². The topological polar surface area (TPSA) is 93.7 Å². The van der Waals surface area contributed by atoms with Gasteiger partial charge in [-0.3, -0.25) is 4.79 Å². The van der Waals surface area contributed by atoms with Gasteiger partial charge in [0.2, 0.25) is 0 Å². The number of hydrogen-bond donors (Lipinski definition) is 2. The number of amides is 2. The minimum absolute atomic E-state index is 0.00886. The standard InChI is InChI=1S/C20H18ClFN2O5S/c1-2-28-19(26)17-14(23-20(27)24-18(17)15-7-4-8-30-15)10-29-16(25)9-11-12(21)5-3-6-13(11)22/h3-8,18H,2,9-10H2,1H3,(H2,23,24,27)/t18-/m1/s1. The minimum atomic E-state index is -0.766. The lowest BCUT2D eigenvalue weighted by Crippen LogP contribution is -2.47. The Hall–Kier alpha value is -2.91. The van der Waals surface area contributed by atoms with Gasteiger partial charge >= 0.3 is 18.0 Å². The summed E-state index contributed by atoms with van der Waals surface area (Å²) in [5, 5.41) is 7.08. The number of rotatable bonds is 7. The Morgan fingerprint density at radius 2 is 2.03 bits per heavy atom. The average Bonchev–Trinajstić information content (AvgIpc) is 3.23. The van der Waals surface area contributed by atoms with Crippen LogP contribution in [0.3, 0.4) is 0 Å². The second-order valence-corrected chi connectivity index (χ2v) is 7.58. The van der Waals surface area contributed by atoms with Crippen LogP contribution in [0.2, 0.25) is 5.02 Å². The molecule has 158 valence electrons. The molecule has 3 rings (SSSR count). The van der Waals surface area contributed by atoms with Gasteiger partial charge < -0.3 is 20.1 Å². The van der Waals surface area contributed by atoms with E-state index in [0.717, 1.165) is 4.88 Å². The van der Waals surface area contributed by atoms with E-state index in [1.807, 2.05) is 5.38 Å². The first-order valence-electron chi connectivity index (χ1n) is 9.00. The summed E-state index contributed by atoms with van der Waals surface area (Å²) in [6.45, 7) is 1.39. The summed E-state index contributed by atoms with van der Waals surface area (Å²) in [6, 6.07) is 6.34. The minimum Gasteiger partial charge on any atom is -0.463 e. The Kier molecular flexibility index (Phi) is 7.07. The van der Waals surface area contributed by atoms with Gasteiger partial charge in [0.25, 0.3) is 0 Å². The zero-order valence-electron chi connectivity index (χ0n) is 15.9. The van der Waals surface area contributed by atoms with E-state index in [1.165, 1.54) is 29.5 Å². The highest BCUT2D eigenvalue weighted by atomic mass is 35.5. The Morgan fingerprint density at radius 1 is 1.23 bits per heavy atom. The number of benzene rings is 1. The first-order valence-corrected chi connectivity index (χ1v) is 10.3. The molecule has 0 bridgehead atoms. The van der Waals surface area contributed by atoms with E-state index in [0.29, 0.717) is 0 Å². The number of ether oxygens (including phenoxy) is 2. The van der Waals surface area contributed by atoms with Crippen LogP contribution in [0.1, 0.15) is 23.4 Å². The predicted octanol–water partition coefficient (Wildman–Crippen LogP) is 3.50. The molecule has 1 aliphatic rings. The maximum absolute atomic E-state index is 13.9. The van der Waals surface area contributed by atoms with Gasteiger partial charge in [-0.05, 0) is 30.5 Å². The molecule has 1 aromatic heterocycles. The maximum atomic E-state index is 13.9. The molecule has 1 aliphatic heterocycles. The van der Waals surface area contributed by atoms with E-state index in [1.54, 1.807) is 19.1 Å². The fraction of sp³-hybridized carbons (Fsp3) is 0.250. The Balaban J connectivity index is 1.82. The van der Waals surface area contributed by atoms with Crippen LogP contribution in [0, 0.1) is 5.82 Å². The fourth-order valence-electron chi connectivity index (χ4n) is 2.90. The van der Waals surface area contributed by atoms with E-state index in [2.05, 4.69) is 10.6 Å². The van der Waals surface area contributed by atoms with Gasteiger partial charge in [-0.2, -0.15) is 0 Å². The molecule has 0 aliphatic carbocycles. The SMILES string of the molecule is CCOC(=O)C1=C(COC(=O)Cc2c(F)cccc2Cl)NC(=O)N[C@@H]1c1cccs1. The summed E-state index contributed by atoms with van der Waals surface area (Å²) >= 11 is 7.29. The van der Waals surface area contributed by atoms with Crippen LogP contribution < -0.4 is 10.6 Å². The molecule has 2 N–H and O–H groups in total. The van der Waals surface area contributed by atoms with Crippen molar-refractivity contribution in [2.75, 3.05) is 13.2 Å². The molecule has 10 heteroatoms. The summed E-state index contributed by atoms with van der Waals surface area (Å²) in [7, 11) is 0. The first-order chi connectivity index (χ1) is 14.4. The van der Waals surface area contributed by atoms with Crippen molar-refractivity contribution in [2.24, 2.45) is 0 Å². The normalized spacial score (nSPS) is 16.0. The van der Waals surface area contributed by atoms with Gasteiger partial charge in [0.15, 0.2) is 0 Å². The monoisotopic (exact) mass is 452 g/mol. The third-order valence-corrected chi connectivity index (χ3v) is 5.53. The van der Waals surface area contributed by atoms with Gasteiger partial charge in [-0.1, -0.05) is 23.7 Å². The molecule has 2 amide bonds. The summed E-state index contributed by atoms with van der Waals surface area (Å²) < 4.78 is 24.2. The summed E-state index contributed by atoms with van der Waals surface area (Å²) in [5.74, 6) is -2.04. The van der Waals surface area contributed by atoms with E-state index < -0.39 is 42.9 Å². The van der Waals surface area contributed by atoms with Crippen molar-refractivity contribution < 1.29 is 28.2 Å². The van der Waals surface area contributed by atoms with E-state index >= 15 is 0 Å². The second kappa shape index (κ2) is 9.73. The fourth-order valence-corrected chi connectivity index (χ4v) is 3.91. The molecule has 0 spiro atoms. The van der Waals surface area contributed by atoms with Crippen LogP contribution in [0.4, 0.5) is 9.18 Å². The van der Waals surface area contributed by atoms with Crippen LogP contribution >= 0.6 is 22.9 Å². The zero-order valence-corrected chi connectivity index (χ0v) is 17.4. The van der Waals surface area contributed by atoms with Crippen molar-refractivity contribution in [3.05, 3.63) is 68.3 Å². The first kappa shape index (κ1) is 21.8. The molecule has 0 saturated heterocycles. The number of carbonyl (C=O) groups excluding carboxylic acids is 3. The van der Waals surface area contributed by atoms with Crippen molar-refractivity contribution in [2.45, 2.75) is 19.4 Å². The molecule has 7 nitrogen and oxygen atoms in total. The quantitative estimate of drug-likeness (QED) is 0.627. The molecule has 0 radical (unpaired) electrons. The second-order valence-electron chi connectivity index (χ2n) is 6.20. The maximum Gasteiger partial charge on any atom is 0.338 e. The molecule has 2 heterocycles.